The number of rotatable bonds is 9. The van der Waals surface area contributed by atoms with Gasteiger partial charge in [-0.3, -0.25) is 14.5 Å². The number of ether oxygens (including phenoxy) is 3. The van der Waals surface area contributed by atoms with E-state index in [1.54, 1.807) is 31.2 Å². The number of hydrogen-bond donors (Lipinski definition) is 0. The lowest BCUT2D eigenvalue weighted by molar-refractivity contribution is -0.145. The molecule has 7 nitrogen and oxygen atoms in total. The summed E-state index contributed by atoms with van der Waals surface area (Å²) in [5.74, 6) is 0.0569. The molecule has 1 saturated heterocycles. The van der Waals surface area contributed by atoms with Gasteiger partial charge in [0.05, 0.1) is 18.6 Å². The monoisotopic (exact) mass is 393 g/mol. The van der Waals surface area contributed by atoms with Crippen LogP contribution >= 0.6 is 11.8 Å². The van der Waals surface area contributed by atoms with Crippen molar-refractivity contribution in [1.82, 2.24) is 4.90 Å². The molecule has 27 heavy (non-hydrogen) atoms. The van der Waals surface area contributed by atoms with Crippen molar-refractivity contribution in [2.24, 2.45) is 0 Å². The van der Waals surface area contributed by atoms with Gasteiger partial charge in [0.15, 0.2) is 18.1 Å². The third kappa shape index (κ3) is 5.50. The highest BCUT2D eigenvalue weighted by molar-refractivity contribution is 8.18. The largest absolute Gasteiger partial charge is 0.493 e. The molecule has 0 radical (unpaired) electrons. The van der Waals surface area contributed by atoms with E-state index in [1.807, 2.05) is 6.92 Å². The van der Waals surface area contributed by atoms with Gasteiger partial charge in [0.2, 0.25) is 0 Å². The number of hydrogen-bond acceptors (Lipinski definition) is 7. The van der Waals surface area contributed by atoms with Crippen LogP contribution in [-0.4, -0.2) is 48.9 Å². The lowest BCUT2D eigenvalue weighted by Gasteiger charge is -2.11. The van der Waals surface area contributed by atoms with E-state index in [4.69, 9.17) is 14.2 Å². The minimum atomic E-state index is -0.468. The molecule has 0 spiro atoms. The number of unbranched alkanes of at least 4 members (excludes halogenated alkanes) is 1. The van der Waals surface area contributed by atoms with Crippen LogP contribution in [0.25, 0.3) is 6.08 Å². The normalized spacial score (nSPS) is 15.4. The van der Waals surface area contributed by atoms with E-state index in [9.17, 15) is 14.4 Å². The average molecular weight is 393 g/mol. The molecule has 1 aliphatic rings. The molecule has 0 N–H and O–H groups in total. The summed E-state index contributed by atoms with van der Waals surface area (Å²) < 4.78 is 15.5. The number of benzene rings is 1. The van der Waals surface area contributed by atoms with E-state index in [2.05, 4.69) is 0 Å². The number of thioether (sulfide) groups is 1. The van der Waals surface area contributed by atoms with Gasteiger partial charge in [-0.25, -0.2) is 4.79 Å². The molecule has 0 unspecified atom stereocenters. The maximum atomic E-state index is 12.4. The molecule has 1 aromatic rings. The number of methoxy groups -OCH3 is 1. The van der Waals surface area contributed by atoms with Crippen LogP contribution in [-0.2, 0) is 14.3 Å². The second-order valence-corrected chi connectivity index (χ2v) is 6.68. The molecule has 1 fully saturated rings. The van der Waals surface area contributed by atoms with E-state index >= 15 is 0 Å². The van der Waals surface area contributed by atoms with Crippen LogP contribution in [0.4, 0.5) is 4.79 Å². The van der Waals surface area contributed by atoms with Gasteiger partial charge in [0, 0.05) is 6.54 Å². The fourth-order valence-electron chi connectivity index (χ4n) is 2.39. The second kappa shape index (κ2) is 10.0. The van der Waals surface area contributed by atoms with Crippen LogP contribution in [0.1, 0.15) is 32.3 Å². The molecule has 1 aromatic carbocycles. The Kier molecular flexibility index (Phi) is 7.72. The van der Waals surface area contributed by atoms with Crippen molar-refractivity contribution >= 4 is 35.0 Å². The maximum absolute atomic E-state index is 12.4. The van der Waals surface area contributed by atoms with Gasteiger partial charge >= 0.3 is 5.97 Å². The first kappa shape index (κ1) is 20.8. The first-order valence-corrected chi connectivity index (χ1v) is 9.53. The number of carbonyl (C=O) groups is 3. The lowest BCUT2D eigenvalue weighted by Crippen LogP contribution is -2.29. The van der Waals surface area contributed by atoms with Crippen LogP contribution in [0.15, 0.2) is 23.1 Å². The van der Waals surface area contributed by atoms with Crippen LogP contribution in [0, 0.1) is 0 Å². The smallest absolute Gasteiger partial charge is 0.344 e. The van der Waals surface area contributed by atoms with Crippen LogP contribution in [0.5, 0.6) is 11.5 Å². The van der Waals surface area contributed by atoms with Gasteiger partial charge in [-0.1, -0.05) is 19.4 Å². The first-order valence-electron chi connectivity index (χ1n) is 8.72. The van der Waals surface area contributed by atoms with Crippen molar-refractivity contribution in [3.05, 3.63) is 28.7 Å². The quantitative estimate of drug-likeness (QED) is 0.469. The summed E-state index contributed by atoms with van der Waals surface area (Å²) >= 11 is 0.930. The summed E-state index contributed by atoms with van der Waals surface area (Å²) in [7, 11) is 1.48. The number of esters is 1. The van der Waals surface area contributed by atoms with Crippen molar-refractivity contribution in [3.63, 3.8) is 0 Å². The predicted octanol–water partition coefficient (Wildman–Crippen LogP) is 3.47. The number of carbonyl (C=O) groups excluding carboxylic acids is 3. The molecule has 1 heterocycles. The fraction of sp³-hybridized carbons (Fsp3) is 0.421. The average Bonchev–Trinajstić information content (AvgIpc) is 2.92. The standard InChI is InChI=1S/C19H23NO6S/c1-4-6-9-20-18(22)16(27-19(20)23)11-13-7-8-14(15(10-13)24-3)26-12-17(21)25-5-2/h7-8,10-11H,4-6,9,12H2,1-3H3/b16-11-. The Bertz CT molecular complexity index is 746. The Balaban J connectivity index is 2.13. The summed E-state index contributed by atoms with van der Waals surface area (Å²) in [6.45, 7) is 4.22. The van der Waals surface area contributed by atoms with E-state index in [0.29, 0.717) is 28.5 Å². The van der Waals surface area contributed by atoms with Crippen molar-refractivity contribution in [1.29, 1.82) is 0 Å². The summed E-state index contributed by atoms with van der Waals surface area (Å²) in [4.78, 5) is 37.5. The van der Waals surface area contributed by atoms with Gasteiger partial charge < -0.3 is 14.2 Å². The second-order valence-electron chi connectivity index (χ2n) is 5.69. The highest BCUT2D eigenvalue weighted by atomic mass is 32.2. The molecule has 2 rings (SSSR count). The van der Waals surface area contributed by atoms with Gasteiger partial charge in [-0.15, -0.1) is 0 Å². The number of nitrogens with zero attached hydrogens (tertiary/aromatic N) is 1. The molecule has 0 aromatic heterocycles. The third-order valence-corrected chi connectivity index (χ3v) is 4.65. The Morgan fingerprint density at radius 3 is 2.67 bits per heavy atom. The zero-order valence-electron chi connectivity index (χ0n) is 15.6. The minimum Gasteiger partial charge on any atom is -0.493 e. The zero-order chi connectivity index (χ0) is 19.8. The summed E-state index contributed by atoms with van der Waals surface area (Å²) in [6, 6.07) is 5.05. The van der Waals surface area contributed by atoms with Gasteiger partial charge in [0.25, 0.3) is 11.1 Å². The number of amides is 2. The Morgan fingerprint density at radius 2 is 2.00 bits per heavy atom. The highest BCUT2D eigenvalue weighted by Gasteiger charge is 2.34. The van der Waals surface area contributed by atoms with Crippen molar-refractivity contribution in [2.75, 3.05) is 26.9 Å². The topological polar surface area (TPSA) is 82.1 Å². The van der Waals surface area contributed by atoms with E-state index in [1.165, 1.54) is 12.0 Å². The molecule has 0 aliphatic carbocycles. The third-order valence-electron chi connectivity index (χ3n) is 3.75. The van der Waals surface area contributed by atoms with Crippen molar-refractivity contribution in [2.45, 2.75) is 26.7 Å². The van der Waals surface area contributed by atoms with Crippen molar-refractivity contribution < 1.29 is 28.6 Å². The fourth-order valence-corrected chi connectivity index (χ4v) is 3.26. The highest BCUT2D eigenvalue weighted by Crippen LogP contribution is 2.34. The molecule has 0 bridgehead atoms. The Morgan fingerprint density at radius 1 is 1.22 bits per heavy atom. The minimum absolute atomic E-state index is 0.222. The lowest BCUT2D eigenvalue weighted by atomic mass is 10.2. The molecule has 0 atom stereocenters. The van der Waals surface area contributed by atoms with Gasteiger partial charge in [-0.2, -0.15) is 0 Å². The Hall–Kier alpha value is -2.48. The SMILES string of the molecule is CCCCN1C(=O)S/C(=C\c2ccc(OCC(=O)OCC)c(OC)c2)C1=O. The molecule has 2 amide bonds. The molecular formula is C19H23NO6S. The molecule has 146 valence electrons. The molecule has 1 aliphatic heterocycles. The van der Waals surface area contributed by atoms with E-state index in [-0.39, 0.29) is 24.4 Å². The predicted molar refractivity (Wildman–Crippen MR) is 103 cm³/mol. The van der Waals surface area contributed by atoms with Crippen LogP contribution < -0.4 is 9.47 Å². The summed E-state index contributed by atoms with van der Waals surface area (Å²) in [5.41, 5.74) is 0.691. The molecular weight excluding hydrogens is 370 g/mol. The first-order chi connectivity index (χ1) is 13.0. The van der Waals surface area contributed by atoms with E-state index in [0.717, 1.165) is 24.6 Å². The van der Waals surface area contributed by atoms with Crippen LogP contribution in [0.2, 0.25) is 0 Å². The molecule has 0 saturated carbocycles. The molecule has 8 heteroatoms. The van der Waals surface area contributed by atoms with Gasteiger partial charge in [0.1, 0.15) is 0 Å². The summed E-state index contributed by atoms with van der Waals surface area (Å²) in [5, 5.41) is -0.249. The summed E-state index contributed by atoms with van der Waals surface area (Å²) in [6.07, 6.45) is 3.34. The zero-order valence-corrected chi connectivity index (χ0v) is 16.5. The maximum Gasteiger partial charge on any atom is 0.344 e. The van der Waals surface area contributed by atoms with Crippen molar-refractivity contribution in [3.8, 4) is 11.5 Å². The van der Waals surface area contributed by atoms with Crippen LogP contribution in [0.3, 0.4) is 0 Å². The number of imide groups is 1. The Labute approximate surface area is 162 Å². The van der Waals surface area contributed by atoms with E-state index < -0.39 is 5.97 Å². The van der Waals surface area contributed by atoms with Gasteiger partial charge in [-0.05, 0) is 48.9 Å².